The lowest BCUT2D eigenvalue weighted by molar-refractivity contribution is -0.140. The molecule has 4 rings (SSSR count). The first-order chi connectivity index (χ1) is 15.4. The molecule has 0 spiro atoms. The monoisotopic (exact) mass is 460 g/mol. The fourth-order valence-electron chi connectivity index (χ4n) is 4.05. The predicted octanol–water partition coefficient (Wildman–Crippen LogP) is 2.94. The van der Waals surface area contributed by atoms with Gasteiger partial charge in [0, 0.05) is 36.8 Å². The second kappa shape index (κ2) is 9.28. The number of benzene rings is 2. The third kappa shape index (κ3) is 4.21. The van der Waals surface area contributed by atoms with E-state index in [-0.39, 0.29) is 34.0 Å². The van der Waals surface area contributed by atoms with E-state index in [2.05, 4.69) is 4.90 Å². The molecule has 168 valence electrons. The van der Waals surface area contributed by atoms with Gasteiger partial charge in [-0.2, -0.15) is 0 Å². The van der Waals surface area contributed by atoms with Crippen molar-refractivity contribution in [1.82, 2.24) is 9.80 Å². The lowest BCUT2D eigenvalue weighted by atomic mass is 9.94. The minimum absolute atomic E-state index is 0.0803. The molecule has 2 aliphatic heterocycles. The molecular weight excluding hydrogens is 439 g/mol. The summed E-state index contributed by atoms with van der Waals surface area (Å²) in [6.07, 6.45) is 0. The van der Waals surface area contributed by atoms with Crippen LogP contribution in [0.5, 0.6) is 5.75 Å². The molecule has 0 bridgehead atoms. The number of Topliss-reactive ketones (excluding diaryl/α,β-unsaturated/α-hetero) is 1. The van der Waals surface area contributed by atoms with Crippen molar-refractivity contribution in [2.45, 2.75) is 6.04 Å². The standard InChI is InChI=1S/C23H22ClFN2O5/c24-14-5-6-18(28)16(13-14)21(29)19-20(15-3-1-2-4-17(15)25)27(23(31)22(19)30)8-7-26-9-11-32-12-10-26/h1-6,13,20,28-29H,7-12H2/b21-19+. The number of ether oxygens (including phenoxy) is 1. The highest BCUT2D eigenvalue weighted by Gasteiger charge is 2.47. The number of carbonyl (C=O) groups excluding carboxylic acids is 2. The summed E-state index contributed by atoms with van der Waals surface area (Å²) in [5.41, 5.74) is -0.318. The van der Waals surface area contributed by atoms with E-state index >= 15 is 0 Å². The van der Waals surface area contributed by atoms with Gasteiger partial charge in [0.15, 0.2) is 0 Å². The molecule has 2 aromatic carbocycles. The predicted molar refractivity (Wildman–Crippen MR) is 116 cm³/mol. The number of amides is 1. The van der Waals surface area contributed by atoms with Crippen LogP contribution in [0.25, 0.3) is 5.76 Å². The van der Waals surface area contributed by atoms with Gasteiger partial charge >= 0.3 is 0 Å². The van der Waals surface area contributed by atoms with Crippen molar-refractivity contribution in [3.63, 3.8) is 0 Å². The van der Waals surface area contributed by atoms with Crippen molar-refractivity contribution in [3.05, 3.63) is 70.0 Å². The van der Waals surface area contributed by atoms with Gasteiger partial charge in [-0.25, -0.2) is 4.39 Å². The van der Waals surface area contributed by atoms with Crippen molar-refractivity contribution < 1.29 is 28.9 Å². The Hall–Kier alpha value is -2.94. The van der Waals surface area contributed by atoms with E-state index in [0.29, 0.717) is 32.8 Å². The normalized spacial score (nSPS) is 21.3. The second-order valence-corrected chi connectivity index (χ2v) is 8.07. The average Bonchev–Trinajstić information content (AvgIpc) is 3.04. The zero-order valence-corrected chi connectivity index (χ0v) is 17.9. The maximum Gasteiger partial charge on any atom is 0.295 e. The highest BCUT2D eigenvalue weighted by Crippen LogP contribution is 2.41. The van der Waals surface area contributed by atoms with Gasteiger partial charge in [0.05, 0.1) is 30.4 Å². The highest BCUT2D eigenvalue weighted by atomic mass is 35.5. The molecule has 0 aromatic heterocycles. The molecule has 32 heavy (non-hydrogen) atoms. The number of morpholine rings is 1. The highest BCUT2D eigenvalue weighted by molar-refractivity contribution is 6.46. The van der Waals surface area contributed by atoms with Crippen LogP contribution in [-0.4, -0.2) is 71.1 Å². The molecule has 1 amide bonds. The van der Waals surface area contributed by atoms with E-state index in [0.717, 1.165) is 0 Å². The molecule has 2 aromatic rings. The number of halogens is 2. The molecule has 0 aliphatic carbocycles. The smallest absolute Gasteiger partial charge is 0.295 e. The number of aliphatic hydroxyl groups excluding tert-OH is 1. The molecule has 1 atom stereocenters. The van der Waals surface area contributed by atoms with Crippen LogP contribution in [0.2, 0.25) is 5.02 Å². The SMILES string of the molecule is O=C1C(=O)N(CCN2CCOCC2)C(c2ccccc2F)/C1=C(\O)c1cc(Cl)ccc1O. The summed E-state index contributed by atoms with van der Waals surface area (Å²) >= 11 is 5.99. The van der Waals surface area contributed by atoms with Gasteiger partial charge in [-0.1, -0.05) is 29.8 Å². The summed E-state index contributed by atoms with van der Waals surface area (Å²) in [6, 6.07) is 8.63. The number of nitrogens with zero attached hydrogens (tertiary/aromatic N) is 2. The van der Waals surface area contributed by atoms with Crippen LogP contribution in [-0.2, 0) is 14.3 Å². The first-order valence-electron chi connectivity index (χ1n) is 10.2. The van der Waals surface area contributed by atoms with E-state index in [1.807, 2.05) is 0 Å². The lowest BCUT2D eigenvalue weighted by Gasteiger charge is -2.31. The van der Waals surface area contributed by atoms with Gasteiger partial charge in [0.1, 0.15) is 17.3 Å². The van der Waals surface area contributed by atoms with Crippen LogP contribution < -0.4 is 0 Å². The largest absolute Gasteiger partial charge is 0.507 e. The van der Waals surface area contributed by atoms with Gasteiger partial charge in [-0.15, -0.1) is 0 Å². The number of ketones is 1. The Bertz CT molecular complexity index is 1080. The number of aromatic hydroxyl groups is 1. The maximum absolute atomic E-state index is 14.8. The summed E-state index contributed by atoms with van der Waals surface area (Å²) in [5.74, 6) is -3.33. The van der Waals surface area contributed by atoms with Gasteiger partial charge in [-0.3, -0.25) is 14.5 Å². The topological polar surface area (TPSA) is 90.3 Å². The van der Waals surface area contributed by atoms with Crippen LogP contribution in [0.1, 0.15) is 17.2 Å². The zero-order chi connectivity index (χ0) is 22.8. The van der Waals surface area contributed by atoms with E-state index in [4.69, 9.17) is 16.3 Å². The van der Waals surface area contributed by atoms with Crippen molar-refractivity contribution in [2.24, 2.45) is 0 Å². The Kier molecular flexibility index (Phi) is 6.45. The third-order valence-electron chi connectivity index (χ3n) is 5.71. The van der Waals surface area contributed by atoms with E-state index in [9.17, 15) is 24.2 Å². The number of hydrogen-bond acceptors (Lipinski definition) is 6. The fraction of sp³-hybridized carbons (Fsp3) is 0.304. The first-order valence-corrected chi connectivity index (χ1v) is 10.6. The minimum atomic E-state index is -1.14. The summed E-state index contributed by atoms with van der Waals surface area (Å²) in [4.78, 5) is 29.3. The number of phenolic OH excluding ortho intramolecular Hbond substituents is 1. The fourth-order valence-corrected chi connectivity index (χ4v) is 4.22. The third-order valence-corrected chi connectivity index (χ3v) is 5.95. The summed E-state index contributed by atoms with van der Waals surface area (Å²) in [7, 11) is 0. The van der Waals surface area contributed by atoms with Crippen molar-refractivity contribution >= 4 is 29.1 Å². The molecule has 0 saturated carbocycles. The molecule has 0 radical (unpaired) electrons. The van der Waals surface area contributed by atoms with E-state index in [1.54, 1.807) is 6.07 Å². The van der Waals surface area contributed by atoms with Crippen LogP contribution in [0.3, 0.4) is 0 Å². The molecular formula is C23H22ClFN2O5. The molecule has 2 aliphatic rings. The summed E-state index contributed by atoms with van der Waals surface area (Å²) in [6.45, 7) is 3.13. The minimum Gasteiger partial charge on any atom is -0.507 e. The summed E-state index contributed by atoms with van der Waals surface area (Å²) < 4.78 is 20.1. The second-order valence-electron chi connectivity index (χ2n) is 7.63. The Balaban J connectivity index is 1.79. The first kappa shape index (κ1) is 22.3. The molecule has 2 N–H and O–H groups in total. The van der Waals surface area contributed by atoms with Gasteiger partial charge in [-0.05, 0) is 24.3 Å². The van der Waals surface area contributed by atoms with Crippen molar-refractivity contribution in [3.8, 4) is 5.75 Å². The van der Waals surface area contributed by atoms with Crippen LogP contribution in [0, 0.1) is 5.82 Å². The number of hydrogen-bond donors (Lipinski definition) is 2. The number of carbonyl (C=O) groups is 2. The molecule has 7 nitrogen and oxygen atoms in total. The Morgan fingerprint density at radius 2 is 1.84 bits per heavy atom. The quantitative estimate of drug-likeness (QED) is 0.405. The van der Waals surface area contributed by atoms with Gasteiger partial charge < -0.3 is 19.8 Å². The summed E-state index contributed by atoms with van der Waals surface area (Å²) in [5, 5.41) is 21.4. The zero-order valence-electron chi connectivity index (χ0n) is 17.1. The number of rotatable bonds is 5. The van der Waals surface area contributed by atoms with Crippen LogP contribution in [0.4, 0.5) is 4.39 Å². The van der Waals surface area contributed by atoms with Gasteiger partial charge in [0.25, 0.3) is 11.7 Å². The Morgan fingerprint density at radius 3 is 2.56 bits per heavy atom. The molecule has 9 heteroatoms. The van der Waals surface area contributed by atoms with Crippen LogP contribution in [0.15, 0.2) is 48.0 Å². The van der Waals surface area contributed by atoms with E-state index < -0.39 is 29.3 Å². The molecule has 2 saturated heterocycles. The maximum atomic E-state index is 14.8. The Morgan fingerprint density at radius 1 is 1.12 bits per heavy atom. The van der Waals surface area contributed by atoms with E-state index in [1.165, 1.54) is 41.3 Å². The number of likely N-dealkylation sites (tertiary alicyclic amines) is 1. The Labute approximate surface area is 189 Å². The molecule has 1 unspecified atom stereocenters. The molecule has 2 heterocycles. The van der Waals surface area contributed by atoms with Gasteiger partial charge in [0.2, 0.25) is 0 Å². The number of phenols is 1. The lowest BCUT2D eigenvalue weighted by Crippen LogP contribution is -2.42. The van der Waals surface area contributed by atoms with Crippen LogP contribution >= 0.6 is 11.6 Å². The van der Waals surface area contributed by atoms with Crippen molar-refractivity contribution in [1.29, 1.82) is 0 Å². The van der Waals surface area contributed by atoms with Crippen molar-refractivity contribution in [2.75, 3.05) is 39.4 Å². The molecule has 2 fully saturated rings. The number of aliphatic hydroxyl groups is 1. The average molecular weight is 461 g/mol.